The summed E-state index contributed by atoms with van der Waals surface area (Å²) in [5, 5.41) is 14.6. The summed E-state index contributed by atoms with van der Waals surface area (Å²) in [5.41, 5.74) is 0.825. The third kappa shape index (κ3) is 2.80. The molecular weight excluding hydrogens is 254 g/mol. The molecule has 1 fully saturated rings. The molecule has 1 heterocycles. The Bertz CT molecular complexity index is 449. The quantitative estimate of drug-likeness (QED) is 0.656. The molecule has 1 aromatic carbocycles. The number of nitrogens with one attached hydrogen (secondary N) is 1. The molecule has 0 aliphatic carbocycles. The summed E-state index contributed by atoms with van der Waals surface area (Å²) in [6.07, 6.45) is 0. The minimum atomic E-state index is -0.367. The van der Waals surface area contributed by atoms with Crippen molar-refractivity contribution in [2.75, 3.05) is 19.6 Å². The van der Waals surface area contributed by atoms with Gasteiger partial charge in [-0.25, -0.2) is 0 Å². The SMILES string of the molecule is CCN(Cc1ccc(Cl)cc1[N+](=O)[O-])C1CNC1. The van der Waals surface area contributed by atoms with Gasteiger partial charge in [-0.15, -0.1) is 0 Å². The fourth-order valence-corrected chi connectivity index (χ4v) is 2.26. The van der Waals surface area contributed by atoms with Crippen LogP contribution < -0.4 is 5.32 Å². The molecular formula is C12H16ClN3O2. The molecule has 0 saturated carbocycles. The van der Waals surface area contributed by atoms with Crippen LogP contribution in [-0.2, 0) is 6.54 Å². The van der Waals surface area contributed by atoms with Crippen LogP contribution in [0.3, 0.4) is 0 Å². The lowest BCUT2D eigenvalue weighted by Gasteiger charge is -2.37. The standard InChI is InChI=1S/C12H16ClN3O2/c1-2-15(11-6-14-7-11)8-9-3-4-10(13)5-12(9)16(17)18/h3-5,11,14H,2,6-8H2,1H3. The number of hydrogen-bond acceptors (Lipinski definition) is 4. The van der Waals surface area contributed by atoms with E-state index in [2.05, 4.69) is 17.1 Å². The fraction of sp³-hybridized carbons (Fsp3) is 0.500. The summed E-state index contributed by atoms with van der Waals surface area (Å²) < 4.78 is 0. The van der Waals surface area contributed by atoms with Crippen molar-refractivity contribution in [3.8, 4) is 0 Å². The van der Waals surface area contributed by atoms with Crippen LogP contribution in [0.4, 0.5) is 5.69 Å². The second kappa shape index (κ2) is 5.65. The number of benzene rings is 1. The van der Waals surface area contributed by atoms with Crippen molar-refractivity contribution in [1.29, 1.82) is 0 Å². The van der Waals surface area contributed by atoms with E-state index in [4.69, 9.17) is 11.6 Å². The number of nitrogens with zero attached hydrogens (tertiary/aromatic N) is 2. The molecule has 0 aromatic heterocycles. The smallest absolute Gasteiger partial charge is 0.275 e. The van der Waals surface area contributed by atoms with Crippen LogP contribution in [0.15, 0.2) is 18.2 Å². The summed E-state index contributed by atoms with van der Waals surface area (Å²) >= 11 is 5.80. The van der Waals surface area contributed by atoms with Crippen molar-refractivity contribution in [3.63, 3.8) is 0 Å². The number of hydrogen-bond donors (Lipinski definition) is 1. The Kier molecular flexibility index (Phi) is 4.16. The molecule has 5 nitrogen and oxygen atoms in total. The summed E-state index contributed by atoms with van der Waals surface area (Å²) in [7, 11) is 0. The van der Waals surface area contributed by atoms with Crippen LogP contribution >= 0.6 is 11.6 Å². The van der Waals surface area contributed by atoms with Gasteiger partial charge in [0.15, 0.2) is 0 Å². The van der Waals surface area contributed by atoms with Crippen molar-refractivity contribution < 1.29 is 4.92 Å². The highest BCUT2D eigenvalue weighted by atomic mass is 35.5. The number of nitro groups is 1. The Morgan fingerprint density at radius 2 is 2.28 bits per heavy atom. The zero-order valence-electron chi connectivity index (χ0n) is 10.2. The van der Waals surface area contributed by atoms with Gasteiger partial charge < -0.3 is 5.32 Å². The highest BCUT2D eigenvalue weighted by molar-refractivity contribution is 6.30. The van der Waals surface area contributed by atoms with E-state index in [-0.39, 0.29) is 10.6 Å². The largest absolute Gasteiger partial charge is 0.314 e. The zero-order chi connectivity index (χ0) is 13.1. The van der Waals surface area contributed by atoms with Crippen molar-refractivity contribution >= 4 is 17.3 Å². The van der Waals surface area contributed by atoms with E-state index in [1.807, 2.05) is 0 Å². The zero-order valence-corrected chi connectivity index (χ0v) is 11.0. The fourth-order valence-electron chi connectivity index (χ4n) is 2.09. The van der Waals surface area contributed by atoms with E-state index in [1.54, 1.807) is 12.1 Å². The molecule has 1 N–H and O–H groups in total. The van der Waals surface area contributed by atoms with E-state index in [1.165, 1.54) is 6.07 Å². The van der Waals surface area contributed by atoms with Crippen LogP contribution in [0, 0.1) is 10.1 Å². The lowest BCUT2D eigenvalue weighted by atomic mass is 10.1. The summed E-state index contributed by atoms with van der Waals surface area (Å²) in [6, 6.07) is 5.35. The van der Waals surface area contributed by atoms with E-state index in [0.29, 0.717) is 17.6 Å². The first-order valence-corrected chi connectivity index (χ1v) is 6.37. The first kappa shape index (κ1) is 13.3. The van der Waals surface area contributed by atoms with E-state index in [9.17, 15) is 10.1 Å². The highest BCUT2D eigenvalue weighted by Crippen LogP contribution is 2.25. The molecule has 0 radical (unpaired) electrons. The molecule has 6 heteroatoms. The first-order chi connectivity index (χ1) is 8.61. The highest BCUT2D eigenvalue weighted by Gasteiger charge is 2.25. The number of halogens is 1. The molecule has 1 saturated heterocycles. The second-order valence-corrected chi connectivity index (χ2v) is 4.84. The van der Waals surface area contributed by atoms with Gasteiger partial charge in [0.05, 0.1) is 4.92 Å². The van der Waals surface area contributed by atoms with Crippen LogP contribution in [0.25, 0.3) is 0 Å². The third-order valence-electron chi connectivity index (χ3n) is 3.30. The summed E-state index contributed by atoms with van der Waals surface area (Å²) in [6.45, 7) is 5.45. The lowest BCUT2D eigenvalue weighted by molar-refractivity contribution is -0.385. The molecule has 2 rings (SSSR count). The molecule has 0 unspecified atom stereocenters. The molecule has 1 aliphatic rings. The Labute approximate surface area is 111 Å². The molecule has 18 heavy (non-hydrogen) atoms. The van der Waals surface area contributed by atoms with Gasteiger partial charge in [0.2, 0.25) is 0 Å². The predicted molar refractivity (Wildman–Crippen MR) is 70.8 cm³/mol. The molecule has 0 spiro atoms. The maximum atomic E-state index is 11.0. The van der Waals surface area contributed by atoms with Crippen LogP contribution in [-0.4, -0.2) is 35.5 Å². The van der Waals surface area contributed by atoms with Gasteiger partial charge in [-0.2, -0.15) is 0 Å². The second-order valence-electron chi connectivity index (χ2n) is 4.41. The predicted octanol–water partition coefficient (Wildman–Crippen LogP) is 2.04. The van der Waals surface area contributed by atoms with Crippen molar-refractivity contribution in [2.24, 2.45) is 0 Å². The minimum absolute atomic E-state index is 0.105. The first-order valence-electron chi connectivity index (χ1n) is 5.99. The Morgan fingerprint density at radius 1 is 1.56 bits per heavy atom. The van der Waals surface area contributed by atoms with Crippen LogP contribution in [0.1, 0.15) is 12.5 Å². The van der Waals surface area contributed by atoms with Gasteiger partial charge >= 0.3 is 0 Å². The third-order valence-corrected chi connectivity index (χ3v) is 3.54. The molecule has 98 valence electrons. The monoisotopic (exact) mass is 269 g/mol. The average Bonchev–Trinajstić information content (AvgIpc) is 2.27. The van der Waals surface area contributed by atoms with Crippen molar-refractivity contribution in [2.45, 2.75) is 19.5 Å². The Balaban J connectivity index is 2.18. The van der Waals surface area contributed by atoms with Gasteiger partial charge in [0, 0.05) is 42.3 Å². The number of rotatable bonds is 5. The average molecular weight is 270 g/mol. The van der Waals surface area contributed by atoms with Crippen LogP contribution in [0.2, 0.25) is 5.02 Å². The van der Waals surface area contributed by atoms with E-state index in [0.717, 1.165) is 25.2 Å². The van der Waals surface area contributed by atoms with Gasteiger partial charge in [0.25, 0.3) is 5.69 Å². The Morgan fingerprint density at radius 3 is 2.78 bits per heavy atom. The van der Waals surface area contributed by atoms with Gasteiger partial charge in [0.1, 0.15) is 0 Å². The topological polar surface area (TPSA) is 58.4 Å². The molecule has 1 aromatic rings. The summed E-state index contributed by atoms with van der Waals surface area (Å²) in [5.74, 6) is 0. The summed E-state index contributed by atoms with van der Waals surface area (Å²) in [4.78, 5) is 12.9. The van der Waals surface area contributed by atoms with Gasteiger partial charge in [-0.05, 0) is 18.7 Å². The van der Waals surface area contributed by atoms with E-state index < -0.39 is 0 Å². The number of nitro benzene ring substituents is 1. The normalized spacial score (nSPS) is 15.7. The van der Waals surface area contributed by atoms with Crippen molar-refractivity contribution in [1.82, 2.24) is 10.2 Å². The van der Waals surface area contributed by atoms with Gasteiger partial charge in [-0.1, -0.05) is 18.5 Å². The lowest BCUT2D eigenvalue weighted by Crippen LogP contribution is -2.56. The molecule has 0 amide bonds. The minimum Gasteiger partial charge on any atom is -0.314 e. The maximum Gasteiger partial charge on any atom is 0.275 e. The van der Waals surface area contributed by atoms with Crippen LogP contribution in [0.5, 0.6) is 0 Å². The number of likely N-dealkylation sites (N-methyl/N-ethyl adjacent to an activating group) is 1. The molecule has 0 bridgehead atoms. The van der Waals surface area contributed by atoms with Crippen molar-refractivity contribution in [3.05, 3.63) is 38.9 Å². The Hall–Kier alpha value is -1.17. The van der Waals surface area contributed by atoms with Gasteiger partial charge in [-0.3, -0.25) is 15.0 Å². The van der Waals surface area contributed by atoms with E-state index >= 15 is 0 Å². The maximum absolute atomic E-state index is 11.0. The molecule has 0 atom stereocenters. The molecule has 1 aliphatic heterocycles.